The van der Waals surface area contributed by atoms with Crippen LogP contribution in [-0.2, 0) is 11.2 Å². The van der Waals surface area contributed by atoms with Crippen molar-refractivity contribution >= 4 is 22.4 Å². The van der Waals surface area contributed by atoms with Gasteiger partial charge in [0.15, 0.2) is 0 Å². The molecule has 0 aliphatic heterocycles. The molecular formula is C12H12N2O. The minimum atomic E-state index is 0.108. The summed E-state index contributed by atoms with van der Waals surface area (Å²) in [7, 11) is 0. The number of hydrogen-bond donors (Lipinski definition) is 1. The third-order valence-electron chi connectivity index (χ3n) is 2.34. The van der Waals surface area contributed by atoms with Crippen LogP contribution in [0, 0.1) is 0 Å². The average molecular weight is 200 g/mol. The van der Waals surface area contributed by atoms with E-state index in [1.54, 1.807) is 13.1 Å². The zero-order chi connectivity index (χ0) is 10.8. The number of carbonyl (C=O) groups excluding carboxylic acids is 1. The van der Waals surface area contributed by atoms with Gasteiger partial charge >= 0.3 is 0 Å². The Hall–Kier alpha value is -1.90. The van der Waals surface area contributed by atoms with E-state index in [-0.39, 0.29) is 5.78 Å². The summed E-state index contributed by atoms with van der Waals surface area (Å²) in [6.07, 6.45) is 2.08. The molecule has 0 saturated heterocycles. The van der Waals surface area contributed by atoms with Gasteiger partial charge in [-0.25, -0.2) is 0 Å². The topological polar surface area (TPSA) is 56.0 Å². The highest BCUT2D eigenvalue weighted by atomic mass is 16.1. The first-order valence-electron chi connectivity index (χ1n) is 4.80. The Morgan fingerprint density at radius 2 is 2.20 bits per heavy atom. The molecule has 1 heterocycles. The Morgan fingerprint density at radius 3 is 2.93 bits per heavy atom. The van der Waals surface area contributed by atoms with E-state index in [0.717, 1.165) is 16.5 Å². The van der Waals surface area contributed by atoms with Crippen LogP contribution in [0.4, 0.5) is 5.69 Å². The first-order chi connectivity index (χ1) is 7.18. The molecule has 0 bridgehead atoms. The summed E-state index contributed by atoms with van der Waals surface area (Å²) in [6, 6.07) is 7.65. The van der Waals surface area contributed by atoms with Gasteiger partial charge in [-0.1, -0.05) is 18.2 Å². The zero-order valence-corrected chi connectivity index (χ0v) is 8.53. The summed E-state index contributed by atoms with van der Waals surface area (Å²) < 4.78 is 0. The number of pyridine rings is 1. The molecule has 0 amide bonds. The molecule has 0 aliphatic rings. The van der Waals surface area contributed by atoms with Gasteiger partial charge in [-0.15, -0.1) is 0 Å². The van der Waals surface area contributed by atoms with Crippen LogP contribution in [0.2, 0.25) is 0 Å². The van der Waals surface area contributed by atoms with Gasteiger partial charge in [0, 0.05) is 18.0 Å². The van der Waals surface area contributed by atoms with Crippen LogP contribution in [0.25, 0.3) is 10.9 Å². The largest absolute Gasteiger partial charge is 0.397 e. The Morgan fingerprint density at radius 1 is 1.40 bits per heavy atom. The van der Waals surface area contributed by atoms with Crippen molar-refractivity contribution < 1.29 is 4.79 Å². The summed E-state index contributed by atoms with van der Waals surface area (Å²) in [5, 5.41) is 1.00. The maximum Gasteiger partial charge on any atom is 0.134 e. The van der Waals surface area contributed by atoms with Crippen LogP contribution in [-0.4, -0.2) is 10.8 Å². The molecule has 0 saturated carbocycles. The number of Topliss-reactive ketones (excluding diaryl/α,β-unsaturated/α-hetero) is 1. The van der Waals surface area contributed by atoms with E-state index in [4.69, 9.17) is 5.73 Å². The van der Waals surface area contributed by atoms with Gasteiger partial charge in [0.2, 0.25) is 0 Å². The molecule has 2 aromatic rings. The number of rotatable bonds is 2. The van der Waals surface area contributed by atoms with Gasteiger partial charge in [0.25, 0.3) is 0 Å². The second-order valence-corrected chi connectivity index (χ2v) is 3.59. The normalized spacial score (nSPS) is 10.5. The average Bonchev–Trinajstić information content (AvgIpc) is 2.22. The zero-order valence-electron chi connectivity index (χ0n) is 8.53. The molecule has 0 atom stereocenters. The van der Waals surface area contributed by atoms with E-state index in [0.29, 0.717) is 12.1 Å². The van der Waals surface area contributed by atoms with Crippen LogP contribution in [0.15, 0.2) is 30.5 Å². The molecule has 2 N–H and O–H groups in total. The highest BCUT2D eigenvalue weighted by molar-refractivity contribution is 5.93. The minimum absolute atomic E-state index is 0.108. The van der Waals surface area contributed by atoms with E-state index < -0.39 is 0 Å². The smallest absolute Gasteiger partial charge is 0.134 e. The number of anilines is 1. The number of hydrogen-bond acceptors (Lipinski definition) is 3. The summed E-state index contributed by atoms with van der Waals surface area (Å²) in [6.45, 7) is 1.56. The number of aromatic nitrogens is 1. The molecule has 1 aromatic heterocycles. The van der Waals surface area contributed by atoms with Gasteiger partial charge in [-0.2, -0.15) is 0 Å². The lowest BCUT2D eigenvalue weighted by atomic mass is 10.0. The fourth-order valence-corrected chi connectivity index (χ4v) is 1.63. The number of benzene rings is 1. The predicted octanol–water partition coefficient (Wildman–Crippen LogP) is 1.95. The van der Waals surface area contributed by atoms with Crippen molar-refractivity contribution in [2.24, 2.45) is 0 Å². The highest BCUT2D eigenvalue weighted by Gasteiger charge is 2.06. The fraction of sp³-hybridized carbons (Fsp3) is 0.167. The Balaban J connectivity index is 2.59. The fourth-order valence-electron chi connectivity index (χ4n) is 1.63. The monoisotopic (exact) mass is 200 g/mol. The molecule has 3 nitrogen and oxygen atoms in total. The first kappa shape index (κ1) is 9.65. The molecule has 0 unspecified atom stereocenters. The van der Waals surface area contributed by atoms with E-state index in [1.165, 1.54) is 0 Å². The molecule has 15 heavy (non-hydrogen) atoms. The van der Waals surface area contributed by atoms with Crippen molar-refractivity contribution in [1.82, 2.24) is 4.98 Å². The summed E-state index contributed by atoms with van der Waals surface area (Å²) >= 11 is 0. The van der Waals surface area contributed by atoms with Crippen molar-refractivity contribution in [2.45, 2.75) is 13.3 Å². The molecule has 2 rings (SSSR count). The third-order valence-corrected chi connectivity index (χ3v) is 2.34. The number of nitrogens with zero attached hydrogens (tertiary/aromatic N) is 1. The van der Waals surface area contributed by atoms with Crippen molar-refractivity contribution in [1.29, 1.82) is 0 Å². The highest BCUT2D eigenvalue weighted by Crippen LogP contribution is 2.22. The Bertz CT molecular complexity index is 520. The van der Waals surface area contributed by atoms with Crippen molar-refractivity contribution in [2.75, 3.05) is 5.73 Å². The van der Waals surface area contributed by atoms with E-state index >= 15 is 0 Å². The maximum absolute atomic E-state index is 11.0. The van der Waals surface area contributed by atoms with Gasteiger partial charge < -0.3 is 5.73 Å². The van der Waals surface area contributed by atoms with Crippen molar-refractivity contribution in [3.05, 3.63) is 36.0 Å². The summed E-state index contributed by atoms with van der Waals surface area (Å²) in [5.41, 5.74) is 8.20. The summed E-state index contributed by atoms with van der Waals surface area (Å²) in [5.74, 6) is 0.108. The molecule has 0 fully saturated rings. The number of carbonyl (C=O) groups is 1. The van der Waals surface area contributed by atoms with E-state index in [2.05, 4.69) is 4.98 Å². The van der Waals surface area contributed by atoms with Crippen LogP contribution in [0.1, 0.15) is 12.5 Å². The predicted molar refractivity (Wildman–Crippen MR) is 60.5 cm³/mol. The molecule has 3 heteroatoms. The second-order valence-electron chi connectivity index (χ2n) is 3.59. The lowest BCUT2D eigenvalue weighted by Crippen LogP contribution is -2.02. The minimum Gasteiger partial charge on any atom is -0.397 e. The second kappa shape index (κ2) is 3.69. The van der Waals surface area contributed by atoms with Crippen molar-refractivity contribution in [3.8, 4) is 0 Å². The number of nitrogens with two attached hydrogens (primary N) is 1. The van der Waals surface area contributed by atoms with Gasteiger partial charge in [-0.3, -0.25) is 9.78 Å². The molecular weight excluding hydrogens is 188 g/mol. The number of nitrogen functional groups attached to an aromatic ring is 1. The Labute approximate surface area is 87.9 Å². The molecule has 0 aliphatic carbocycles. The van der Waals surface area contributed by atoms with E-state index in [1.807, 2.05) is 24.3 Å². The van der Waals surface area contributed by atoms with Crippen molar-refractivity contribution in [3.63, 3.8) is 0 Å². The third kappa shape index (κ3) is 1.81. The first-order valence-corrected chi connectivity index (χ1v) is 4.80. The Kier molecular flexibility index (Phi) is 2.37. The lowest BCUT2D eigenvalue weighted by molar-refractivity contribution is -0.116. The molecule has 1 aromatic carbocycles. The standard InChI is InChI=1S/C12H12N2O/c1-8(15)7-10-5-4-9-3-2-6-14-12(9)11(10)13/h2-6H,7,13H2,1H3. The SMILES string of the molecule is CC(=O)Cc1ccc2cccnc2c1N. The lowest BCUT2D eigenvalue weighted by Gasteiger charge is -2.06. The number of ketones is 1. The number of fused-ring (bicyclic) bond motifs is 1. The molecule has 0 spiro atoms. The van der Waals surface area contributed by atoms with Gasteiger partial charge in [-0.05, 0) is 18.6 Å². The van der Waals surface area contributed by atoms with Crippen LogP contribution in [0.5, 0.6) is 0 Å². The van der Waals surface area contributed by atoms with E-state index in [9.17, 15) is 4.79 Å². The van der Waals surface area contributed by atoms with Crippen LogP contribution in [0.3, 0.4) is 0 Å². The molecule has 76 valence electrons. The quantitative estimate of drug-likeness (QED) is 0.754. The van der Waals surface area contributed by atoms with Gasteiger partial charge in [0.1, 0.15) is 5.78 Å². The van der Waals surface area contributed by atoms with Crippen LogP contribution >= 0.6 is 0 Å². The summed E-state index contributed by atoms with van der Waals surface area (Å²) in [4.78, 5) is 15.2. The van der Waals surface area contributed by atoms with Crippen LogP contribution < -0.4 is 5.73 Å². The van der Waals surface area contributed by atoms with Gasteiger partial charge in [0.05, 0.1) is 11.2 Å². The maximum atomic E-state index is 11.0. The molecule has 0 radical (unpaired) electrons.